The maximum atomic E-state index is 14.1. The number of benzene rings is 2. The lowest BCUT2D eigenvalue weighted by Crippen LogP contribution is -2.51. The van der Waals surface area contributed by atoms with Crippen LogP contribution in [-0.4, -0.2) is 45.3 Å². The monoisotopic (exact) mass is 471 g/mol. The van der Waals surface area contributed by atoms with Crippen LogP contribution < -0.4 is 0 Å². The number of fused-ring (bicyclic) bond motifs is 2. The van der Waals surface area contributed by atoms with Gasteiger partial charge in [-0.1, -0.05) is 63.1 Å². The van der Waals surface area contributed by atoms with Gasteiger partial charge in [-0.25, -0.2) is 0 Å². The molecule has 2 atom stereocenters. The zero-order chi connectivity index (χ0) is 24.7. The molecular weight excluding hydrogens is 434 g/mol. The molecule has 1 fully saturated rings. The molecule has 35 heavy (non-hydrogen) atoms. The van der Waals surface area contributed by atoms with Crippen LogP contribution in [0.5, 0.6) is 0 Å². The number of nitrogens with zero attached hydrogens (tertiary/aromatic N) is 3. The number of hydrogen-bond donors (Lipinski definition) is 0. The van der Waals surface area contributed by atoms with Gasteiger partial charge in [0, 0.05) is 47.9 Å². The minimum atomic E-state index is -0.476. The fourth-order valence-electron chi connectivity index (χ4n) is 6.13. The Kier molecular flexibility index (Phi) is 6.43. The van der Waals surface area contributed by atoms with E-state index < -0.39 is 6.04 Å². The van der Waals surface area contributed by atoms with Gasteiger partial charge in [-0.2, -0.15) is 0 Å². The molecule has 0 bridgehead atoms. The van der Waals surface area contributed by atoms with Crippen LogP contribution in [-0.2, 0) is 11.8 Å². The molecule has 2 amide bonds. The number of para-hydroxylation sites is 1. The first-order valence-electron chi connectivity index (χ1n) is 13.1. The molecule has 0 spiro atoms. The normalized spacial score (nSPS) is 19.3. The Balaban J connectivity index is 1.68. The standard InChI is InChI=1S/C30H37N3O2/c1-20(2)19-26(30(35)32-17-11-5-6-12-18-32)33-28(22-13-7-8-14-23(22)29(33)34)27-21(3)31(4)25-16-10-9-15-24(25)27/h7-10,13-16,20,26,28H,5-6,11-12,17-19H2,1-4H3. The minimum Gasteiger partial charge on any atom is -0.348 e. The summed E-state index contributed by atoms with van der Waals surface area (Å²) in [4.78, 5) is 32.2. The molecule has 5 nitrogen and oxygen atoms in total. The van der Waals surface area contributed by atoms with Gasteiger partial charge in [0.05, 0.1) is 6.04 Å². The molecule has 5 heteroatoms. The second-order valence-electron chi connectivity index (χ2n) is 10.7. The molecule has 0 aliphatic carbocycles. The Morgan fingerprint density at radius 1 is 0.971 bits per heavy atom. The third-order valence-electron chi connectivity index (χ3n) is 7.95. The average molecular weight is 472 g/mol. The second kappa shape index (κ2) is 9.52. The molecule has 1 aromatic heterocycles. The fraction of sp³-hybridized carbons (Fsp3) is 0.467. The smallest absolute Gasteiger partial charge is 0.255 e. The second-order valence-corrected chi connectivity index (χ2v) is 10.7. The van der Waals surface area contributed by atoms with Gasteiger partial charge in [-0.05, 0) is 49.8 Å². The van der Waals surface area contributed by atoms with Crippen LogP contribution >= 0.6 is 0 Å². The summed E-state index contributed by atoms with van der Waals surface area (Å²) in [5, 5.41) is 1.15. The molecule has 184 valence electrons. The van der Waals surface area contributed by atoms with E-state index in [1.165, 1.54) is 12.8 Å². The SMILES string of the molecule is Cc1c(C2c3ccccc3C(=O)N2C(CC(C)C)C(=O)N2CCCCCC2)c2ccccc2n1C. The Hall–Kier alpha value is -3.08. The van der Waals surface area contributed by atoms with E-state index in [1.54, 1.807) is 0 Å². The molecule has 1 saturated heterocycles. The van der Waals surface area contributed by atoms with Crippen LogP contribution in [0.3, 0.4) is 0 Å². The van der Waals surface area contributed by atoms with E-state index in [0.717, 1.165) is 59.2 Å². The first kappa shape index (κ1) is 23.7. The highest BCUT2D eigenvalue weighted by atomic mass is 16.2. The highest BCUT2D eigenvalue weighted by molar-refractivity contribution is 6.03. The Labute approximate surface area is 208 Å². The van der Waals surface area contributed by atoms with Crippen molar-refractivity contribution in [2.45, 2.75) is 65.0 Å². The molecule has 5 rings (SSSR count). The largest absolute Gasteiger partial charge is 0.348 e. The van der Waals surface area contributed by atoms with E-state index in [-0.39, 0.29) is 17.9 Å². The number of likely N-dealkylation sites (tertiary alicyclic amines) is 1. The van der Waals surface area contributed by atoms with E-state index in [1.807, 2.05) is 28.0 Å². The maximum absolute atomic E-state index is 14.1. The predicted octanol–water partition coefficient (Wildman–Crippen LogP) is 5.85. The van der Waals surface area contributed by atoms with Crippen molar-refractivity contribution in [1.29, 1.82) is 0 Å². The van der Waals surface area contributed by atoms with E-state index in [4.69, 9.17) is 0 Å². The number of amides is 2. The Bertz CT molecular complexity index is 1250. The third kappa shape index (κ3) is 4.05. The van der Waals surface area contributed by atoms with Crippen molar-refractivity contribution in [3.8, 4) is 0 Å². The lowest BCUT2D eigenvalue weighted by atomic mass is 9.93. The van der Waals surface area contributed by atoms with Gasteiger partial charge in [0.2, 0.25) is 5.91 Å². The predicted molar refractivity (Wildman–Crippen MR) is 140 cm³/mol. The quantitative estimate of drug-likeness (QED) is 0.469. The van der Waals surface area contributed by atoms with Gasteiger partial charge in [-0.3, -0.25) is 9.59 Å². The maximum Gasteiger partial charge on any atom is 0.255 e. The van der Waals surface area contributed by atoms with E-state index in [9.17, 15) is 9.59 Å². The molecule has 2 aromatic carbocycles. The van der Waals surface area contributed by atoms with Crippen LogP contribution in [0, 0.1) is 12.8 Å². The highest BCUT2D eigenvalue weighted by Gasteiger charge is 2.46. The first-order valence-corrected chi connectivity index (χ1v) is 13.1. The first-order chi connectivity index (χ1) is 16.9. The lowest BCUT2D eigenvalue weighted by Gasteiger charge is -2.37. The summed E-state index contributed by atoms with van der Waals surface area (Å²) in [5.74, 6) is 0.387. The molecule has 0 N–H and O–H groups in total. The molecule has 0 radical (unpaired) electrons. The van der Waals surface area contributed by atoms with Crippen LogP contribution in [0.4, 0.5) is 0 Å². The topological polar surface area (TPSA) is 45.6 Å². The Morgan fingerprint density at radius 2 is 1.63 bits per heavy atom. The molecule has 3 aromatic rings. The van der Waals surface area contributed by atoms with Crippen molar-refractivity contribution in [2.24, 2.45) is 13.0 Å². The van der Waals surface area contributed by atoms with Crippen LogP contribution in [0.25, 0.3) is 10.9 Å². The van der Waals surface area contributed by atoms with Crippen molar-refractivity contribution in [3.63, 3.8) is 0 Å². The third-order valence-corrected chi connectivity index (χ3v) is 7.95. The summed E-state index contributed by atoms with van der Waals surface area (Å²) in [6.45, 7) is 8.01. The molecule has 2 unspecified atom stereocenters. The summed E-state index contributed by atoms with van der Waals surface area (Å²) >= 11 is 0. The van der Waals surface area contributed by atoms with Crippen LogP contribution in [0.1, 0.15) is 79.2 Å². The van der Waals surface area contributed by atoms with Gasteiger partial charge in [0.1, 0.15) is 6.04 Å². The highest BCUT2D eigenvalue weighted by Crippen LogP contribution is 2.45. The summed E-state index contributed by atoms with van der Waals surface area (Å²) in [7, 11) is 2.09. The van der Waals surface area contributed by atoms with Crippen molar-refractivity contribution in [2.75, 3.05) is 13.1 Å². The van der Waals surface area contributed by atoms with Crippen molar-refractivity contribution in [3.05, 3.63) is 70.9 Å². The van der Waals surface area contributed by atoms with E-state index in [2.05, 4.69) is 62.7 Å². The summed E-state index contributed by atoms with van der Waals surface area (Å²) in [5.41, 5.74) is 5.16. The number of rotatable bonds is 5. The molecule has 3 heterocycles. The lowest BCUT2D eigenvalue weighted by molar-refractivity contribution is -0.137. The molecule has 0 saturated carbocycles. The number of aryl methyl sites for hydroxylation is 1. The summed E-state index contributed by atoms with van der Waals surface area (Å²) in [6.07, 6.45) is 5.09. The number of carbonyl (C=O) groups excluding carboxylic acids is 2. The molecular formula is C30H37N3O2. The number of aromatic nitrogens is 1. The minimum absolute atomic E-state index is 0.0215. The van der Waals surface area contributed by atoms with Crippen molar-refractivity contribution < 1.29 is 9.59 Å². The van der Waals surface area contributed by atoms with Crippen molar-refractivity contribution in [1.82, 2.24) is 14.4 Å². The van der Waals surface area contributed by atoms with Gasteiger partial charge in [-0.15, -0.1) is 0 Å². The van der Waals surface area contributed by atoms with Crippen LogP contribution in [0.2, 0.25) is 0 Å². The average Bonchev–Trinajstić information content (AvgIpc) is 3.12. The van der Waals surface area contributed by atoms with E-state index >= 15 is 0 Å². The number of hydrogen-bond acceptors (Lipinski definition) is 2. The summed E-state index contributed by atoms with van der Waals surface area (Å²) < 4.78 is 2.21. The zero-order valence-electron chi connectivity index (χ0n) is 21.5. The summed E-state index contributed by atoms with van der Waals surface area (Å²) in [6, 6.07) is 15.6. The molecule has 2 aliphatic heterocycles. The number of carbonyl (C=O) groups is 2. The molecule has 2 aliphatic rings. The van der Waals surface area contributed by atoms with Crippen molar-refractivity contribution >= 4 is 22.7 Å². The van der Waals surface area contributed by atoms with Gasteiger partial charge >= 0.3 is 0 Å². The zero-order valence-corrected chi connectivity index (χ0v) is 21.5. The van der Waals surface area contributed by atoms with E-state index in [0.29, 0.717) is 12.3 Å². The van der Waals surface area contributed by atoms with Gasteiger partial charge in [0.25, 0.3) is 5.91 Å². The van der Waals surface area contributed by atoms with Crippen LogP contribution in [0.15, 0.2) is 48.5 Å². The fourth-order valence-corrected chi connectivity index (χ4v) is 6.13. The van der Waals surface area contributed by atoms with Gasteiger partial charge in [0.15, 0.2) is 0 Å². The Morgan fingerprint density at radius 3 is 2.34 bits per heavy atom. The van der Waals surface area contributed by atoms with Gasteiger partial charge < -0.3 is 14.4 Å².